The van der Waals surface area contributed by atoms with Gasteiger partial charge in [-0.15, -0.1) is 10.2 Å². The zero-order chi connectivity index (χ0) is 11.0. The van der Waals surface area contributed by atoms with Crippen molar-refractivity contribution in [2.24, 2.45) is 0 Å². The fourth-order valence-electron chi connectivity index (χ4n) is 2.79. The molecule has 0 radical (unpaired) electrons. The number of piperidine rings is 1. The second-order valence-corrected chi connectivity index (χ2v) is 6.20. The number of nitrogens with zero attached hydrogens (tertiary/aromatic N) is 2. The smallest absolute Gasteiger partial charge is 0.205 e. The predicted molar refractivity (Wildman–Crippen MR) is 65.9 cm³/mol. The first-order chi connectivity index (χ1) is 7.76. The van der Waals surface area contributed by atoms with Crippen molar-refractivity contribution in [2.45, 2.75) is 50.6 Å². The zero-order valence-corrected chi connectivity index (χ0v) is 10.4. The van der Waals surface area contributed by atoms with E-state index in [1.807, 2.05) is 6.92 Å². The van der Waals surface area contributed by atoms with Gasteiger partial charge in [0.05, 0.1) is 0 Å². The van der Waals surface area contributed by atoms with Gasteiger partial charge >= 0.3 is 0 Å². The lowest BCUT2D eigenvalue weighted by atomic mass is 9.70. The van der Waals surface area contributed by atoms with Gasteiger partial charge in [-0.25, -0.2) is 0 Å². The molecule has 4 nitrogen and oxygen atoms in total. The van der Waals surface area contributed by atoms with E-state index in [2.05, 4.69) is 20.8 Å². The van der Waals surface area contributed by atoms with Crippen LogP contribution in [0.15, 0.2) is 0 Å². The molecule has 1 aliphatic heterocycles. The van der Waals surface area contributed by atoms with Crippen LogP contribution in [0.3, 0.4) is 0 Å². The highest BCUT2D eigenvalue weighted by atomic mass is 32.1. The zero-order valence-electron chi connectivity index (χ0n) is 9.62. The summed E-state index contributed by atoms with van der Waals surface area (Å²) in [6, 6.07) is 0.578. The minimum atomic E-state index is 0.454. The number of aryl methyl sites for hydroxylation is 1. The first kappa shape index (κ1) is 10.5. The predicted octanol–water partition coefficient (Wildman–Crippen LogP) is 1.93. The molecule has 2 fully saturated rings. The summed E-state index contributed by atoms with van der Waals surface area (Å²) in [4.78, 5) is 0. The van der Waals surface area contributed by atoms with E-state index in [0.717, 1.165) is 16.7 Å². The van der Waals surface area contributed by atoms with E-state index in [1.165, 1.54) is 32.1 Å². The number of anilines is 1. The average molecular weight is 238 g/mol. The second-order valence-electron chi connectivity index (χ2n) is 5.02. The lowest BCUT2D eigenvalue weighted by molar-refractivity contribution is 0.135. The Hall–Kier alpha value is -0.680. The molecule has 0 bridgehead atoms. The Morgan fingerprint density at radius 2 is 2.31 bits per heavy atom. The molecule has 16 heavy (non-hydrogen) atoms. The normalized spacial score (nSPS) is 27.7. The summed E-state index contributed by atoms with van der Waals surface area (Å²) in [5, 5.41) is 17.4. The minimum absolute atomic E-state index is 0.454. The van der Waals surface area contributed by atoms with Crippen LogP contribution < -0.4 is 10.6 Å². The summed E-state index contributed by atoms with van der Waals surface area (Å²) < 4.78 is 0. The molecule has 5 heteroatoms. The molecular weight excluding hydrogens is 220 g/mol. The van der Waals surface area contributed by atoms with Gasteiger partial charge in [0.25, 0.3) is 0 Å². The van der Waals surface area contributed by atoms with Crippen LogP contribution in [0.5, 0.6) is 0 Å². The molecule has 0 amide bonds. The molecule has 1 aromatic rings. The topological polar surface area (TPSA) is 49.8 Å². The van der Waals surface area contributed by atoms with Gasteiger partial charge in [-0.1, -0.05) is 11.3 Å². The molecule has 2 aliphatic rings. The molecule has 3 rings (SSSR count). The highest BCUT2D eigenvalue weighted by Gasteiger charge is 2.40. The summed E-state index contributed by atoms with van der Waals surface area (Å²) in [6.07, 6.45) is 6.52. The number of rotatable bonds is 2. The van der Waals surface area contributed by atoms with Crippen LogP contribution in [0.1, 0.15) is 37.1 Å². The number of nitrogens with one attached hydrogen (secondary N) is 2. The third-order valence-corrected chi connectivity index (χ3v) is 4.56. The molecule has 1 saturated carbocycles. The standard InChI is InChI=1S/C11H18N4S/c1-8-14-15-10(16-8)13-9-3-6-12-11(7-9)4-2-5-11/h9,12H,2-7H2,1H3,(H,13,15). The van der Waals surface area contributed by atoms with Crippen molar-refractivity contribution >= 4 is 16.5 Å². The summed E-state index contributed by atoms with van der Waals surface area (Å²) in [5.41, 5.74) is 0.454. The van der Waals surface area contributed by atoms with Crippen molar-refractivity contribution in [1.29, 1.82) is 0 Å². The highest BCUT2D eigenvalue weighted by Crippen LogP contribution is 2.39. The van der Waals surface area contributed by atoms with E-state index in [-0.39, 0.29) is 0 Å². The fraction of sp³-hybridized carbons (Fsp3) is 0.818. The summed E-state index contributed by atoms with van der Waals surface area (Å²) >= 11 is 1.65. The Labute approximate surface area is 99.9 Å². The van der Waals surface area contributed by atoms with Crippen LogP contribution in [0, 0.1) is 6.92 Å². The van der Waals surface area contributed by atoms with E-state index in [9.17, 15) is 0 Å². The first-order valence-electron chi connectivity index (χ1n) is 6.07. The maximum atomic E-state index is 4.14. The Morgan fingerprint density at radius 1 is 1.44 bits per heavy atom. The van der Waals surface area contributed by atoms with Crippen LogP contribution in [-0.2, 0) is 0 Å². The van der Waals surface area contributed by atoms with E-state index in [0.29, 0.717) is 11.6 Å². The summed E-state index contributed by atoms with van der Waals surface area (Å²) in [7, 11) is 0. The average Bonchev–Trinajstić information content (AvgIpc) is 2.62. The molecule has 1 aromatic heterocycles. The van der Waals surface area contributed by atoms with Gasteiger partial charge in [-0.3, -0.25) is 0 Å². The molecule has 1 spiro atoms. The Balaban J connectivity index is 1.62. The summed E-state index contributed by atoms with van der Waals surface area (Å²) in [6.45, 7) is 3.13. The molecule has 2 heterocycles. The first-order valence-corrected chi connectivity index (χ1v) is 6.89. The minimum Gasteiger partial charge on any atom is -0.357 e. The van der Waals surface area contributed by atoms with E-state index in [1.54, 1.807) is 11.3 Å². The van der Waals surface area contributed by atoms with Crippen LogP contribution in [0.2, 0.25) is 0 Å². The maximum Gasteiger partial charge on any atom is 0.205 e. The van der Waals surface area contributed by atoms with Crippen molar-refractivity contribution in [3.8, 4) is 0 Å². The third-order valence-electron chi connectivity index (χ3n) is 3.79. The van der Waals surface area contributed by atoms with Gasteiger partial charge in [0.1, 0.15) is 5.01 Å². The van der Waals surface area contributed by atoms with Gasteiger partial charge < -0.3 is 10.6 Å². The molecule has 1 saturated heterocycles. The van der Waals surface area contributed by atoms with Crippen molar-refractivity contribution < 1.29 is 0 Å². The largest absolute Gasteiger partial charge is 0.357 e. The van der Waals surface area contributed by atoms with Crippen molar-refractivity contribution in [2.75, 3.05) is 11.9 Å². The molecule has 0 aromatic carbocycles. The quantitative estimate of drug-likeness (QED) is 0.826. The fourth-order valence-corrected chi connectivity index (χ4v) is 3.46. The van der Waals surface area contributed by atoms with Gasteiger partial charge in [-0.2, -0.15) is 0 Å². The van der Waals surface area contributed by atoms with E-state index in [4.69, 9.17) is 0 Å². The number of hydrogen-bond acceptors (Lipinski definition) is 5. The van der Waals surface area contributed by atoms with Crippen LogP contribution in [0.4, 0.5) is 5.13 Å². The Morgan fingerprint density at radius 3 is 2.94 bits per heavy atom. The maximum absolute atomic E-state index is 4.14. The van der Waals surface area contributed by atoms with Gasteiger partial charge in [-0.05, 0) is 45.6 Å². The van der Waals surface area contributed by atoms with Crippen molar-refractivity contribution in [3.63, 3.8) is 0 Å². The second kappa shape index (κ2) is 3.96. The molecule has 1 aliphatic carbocycles. The van der Waals surface area contributed by atoms with Gasteiger partial charge in [0, 0.05) is 11.6 Å². The lowest BCUT2D eigenvalue weighted by Gasteiger charge is -2.48. The molecule has 88 valence electrons. The third kappa shape index (κ3) is 1.94. The van der Waals surface area contributed by atoms with Crippen molar-refractivity contribution in [1.82, 2.24) is 15.5 Å². The number of hydrogen-bond donors (Lipinski definition) is 2. The number of aromatic nitrogens is 2. The highest BCUT2D eigenvalue weighted by molar-refractivity contribution is 7.15. The van der Waals surface area contributed by atoms with Gasteiger partial charge in [0.2, 0.25) is 5.13 Å². The van der Waals surface area contributed by atoms with Crippen LogP contribution >= 0.6 is 11.3 Å². The Kier molecular flexibility index (Phi) is 2.59. The molecule has 1 atom stereocenters. The van der Waals surface area contributed by atoms with Crippen molar-refractivity contribution in [3.05, 3.63) is 5.01 Å². The lowest BCUT2D eigenvalue weighted by Crippen LogP contribution is -2.58. The van der Waals surface area contributed by atoms with Crippen LogP contribution in [0.25, 0.3) is 0 Å². The van der Waals surface area contributed by atoms with Crippen LogP contribution in [-0.4, -0.2) is 28.3 Å². The monoisotopic (exact) mass is 238 g/mol. The molecular formula is C11H18N4S. The Bertz CT molecular complexity index is 372. The van der Waals surface area contributed by atoms with E-state index >= 15 is 0 Å². The SMILES string of the molecule is Cc1nnc(NC2CCNC3(CCC3)C2)s1. The molecule has 2 N–H and O–H groups in total. The summed E-state index contributed by atoms with van der Waals surface area (Å²) in [5.74, 6) is 0. The molecule has 1 unspecified atom stereocenters. The van der Waals surface area contributed by atoms with Gasteiger partial charge in [0.15, 0.2) is 0 Å². The van der Waals surface area contributed by atoms with E-state index < -0.39 is 0 Å².